The average molecular weight is 249 g/mol. The first-order valence-electron chi connectivity index (χ1n) is 6.73. The maximum Gasteiger partial charge on any atom is 0.220 e. The van der Waals surface area contributed by atoms with Gasteiger partial charge in [0.25, 0.3) is 0 Å². The molecule has 0 unspecified atom stereocenters. The number of benzene rings is 1. The van der Waals surface area contributed by atoms with Crippen LogP contribution in [-0.4, -0.2) is 5.91 Å². The highest BCUT2D eigenvalue weighted by atomic mass is 19.1. The molecule has 2 nitrogen and oxygen atoms in total. The minimum Gasteiger partial charge on any atom is -0.347 e. The van der Waals surface area contributed by atoms with Gasteiger partial charge >= 0.3 is 0 Å². The van der Waals surface area contributed by atoms with Gasteiger partial charge in [-0.1, -0.05) is 25.5 Å². The molecule has 1 saturated carbocycles. The Hall–Kier alpha value is -1.38. The zero-order valence-corrected chi connectivity index (χ0v) is 10.8. The van der Waals surface area contributed by atoms with Crippen LogP contribution in [0.25, 0.3) is 0 Å². The van der Waals surface area contributed by atoms with Gasteiger partial charge in [-0.25, -0.2) is 4.39 Å². The largest absolute Gasteiger partial charge is 0.347 e. The molecule has 1 aliphatic rings. The molecule has 1 fully saturated rings. The zero-order valence-electron chi connectivity index (χ0n) is 10.8. The molecule has 0 aromatic heterocycles. The summed E-state index contributed by atoms with van der Waals surface area (Å²) in [5.41, 5.74) is 0.790. The van der Waals surface area contributed by atoms with Gasteiger partial charge in [0, 0.05) is 6.42 Å². The highest BCUT2D eigenvalue weighted by Crippen LogP contribution is 2.41. The van der Waals surface area contributed by atoms with Crippen LogP contribution in [0.2, 0.25) is 0 Å². The van der Waals surface area contributed by atoms with E-state index >= 15 is 0 Å². The third-order valence-electron chi connectivity index (χ3n) is 3.74. The van der Waals surface area contributed by atoms with Crippen LogP contribution in [0.15, 0.2) is 24.3 Å². The molecule has 1 N–H and O–H groups in total. The van der Waals surface area contributed by atoms with Crippen molar-refractivity contribution in [2.75, 3.05) is 0 Å². The molecule has 2 rings (SSSR count). The maximum absolute atomic E-state index is 12.9. The molecule has 1 aromatic carbocycles. The lowest BCUT2D eigenvalue weighted by molar-refractivity contribution is -0.124. The van der Waals surface area contributed by atoms with Gasteiger partial charge in [-0.15, -0.1) is 0 Å². The van der Waals surface area contributed by atoms with E-state index in [2.05, 4.69) is 12.2 Å². The van der Waals surface area contributed by atoms with Crippen molar-refractivity contribution in [2.24, 2.45) is 0 Å². The molecule has 0 atom stereocenters. The number of nitrogens with one attached hydrogen (secondary N) is 1. The zero-order chi connectivity index (χ0) is 13.0. The topological polar surface area (TPSA) is 29.1 Å². The second-order valence-electron chi connectivity index (χ2n) is 5.09. The number of amides is 1. The lowest BCUT2D eigenvalue weighted by Crippen LogP contribution is -2.50. The van der Waals surface area contributed by atoms with Crippen LogP contribution in [0.3, 0.4) is 0 Å². The molecule has 0 spiro atoms. The second-order valence-corrected chi connectivity index (χ2v) is 5.09. The first-order valence-corrected chi connectivity index (χ1v) is 6.73. The summed E-state index contributed by atoms with van der Waals surface area (Å²) in [7, 11) is 0. The molecule has 98 valence electrons. The second kappa shape index (κ2) is 5.51. The Labute approximate surface area is 108 Å². The van der Waals surface area contributed by atoms with E-state index in [1.165, 1.54) is 12.1 Å². The summed E-state index contributed by atoms with van der Waals surface area (Å²) in [4.78, 5) is 11.9. The number of halogens is 1. The van der Waals surface area contributed by atoms with E-state index in [0.29, 0.717) is 6.42 Å². The fourth-order valence-corrected chi connectivity index (χ4v) is 2.45. The molecule has 0 aliphatic heterocycles. The molecule has 1 aromatic rings. The first kappa shape index (κ1) is 13.1. The smallest absolute Gasteiger partial charge is 0.220 e. The first-order chi connectivity index (χ1) is 8.66. The number of rotatable bonds is 5. The molecule has 1 aliphatic carbocycles. The lowest BCUT2D eigenvalue weighted by atomic mass is 9.71. The van der Waals surface area contributed by atoms with E-state index in [1.807, 2.05) is 0 Å². The number of unbranched alkanes of at least 4 members (excludes halogenated alkanes) is 1. The molecule has 1 amide bonds. The Bertz CT molecular complexity index is 409. The van der Waals surface area contributed by atoms with Crippen LogP contribution in [0.5, 0.6) is 0 Å². The fourth-order valence-electron chi connectivity index (χ4n) is 2.45. The van der Waals surface area contributed by atoms with Crippen LogP contribution in [0.1, 0.15) is 51.0 Å². The van der Waals surface area contributed by atoms with Crippen molar-refractivity contribution in [3.63, 3.8) is 0 Å². The SMILES string of the molecule is CCCCC(=O)NC1(c2ccc(F)cc2)CCC1. The number of hydrogen-bond acceptors (Lipinski definition) is 1. The van der Waals surface area contributed by atoms with Gasteiger partial charge in [0.1, 0.15) is 5.82 Å². The van der Waals surface area contributed by atoms with Gasteiger partial charge in [-0.05, 0) is 43.4 Å². The van der Waals surface area contributed by atoms with Crippen molar-refractivity contribution >= 4 is 5.91 Å². The van der Waals surface area contributed by atoms with E-state index in [1.54, 1.807) is 12.1 Å². The lowest BCUT2D eigenvalue weighted by Gasteiger charge is -2.43. The predicted molar refractivity (Wildman–Crippen MR) is 69.6 cm³/mol. The van der Waals surface area contributed by atoms with Crippen molar-refractivity contribution in [1.82, 2.24) is 5.32 Å². The molecule has 0 saturated heterocycles. The molecule has 0 radical (unpaired) electrons. The van der Waals surface area contributed by atoms with Gasteiger partial charge < -0.3 is 5.32 Å². The summed E-state index contributed by atoms with van der Waals surface area (Å²) in [5, 5.41) is 3.14. The quantitative estimate of drug-likeness (QED) is 0.850. The van der Waals surface area contributed by atoms with Crippen LogP contribution in [0.4, 0.5) is 4.39 Å². The van der Waals surface area contributed by atoms with E-state index in [4.69, 9.17) is 0 Å². The van der Waals surface area contributed by atoms with Crippen molar-refractivity contribution < 1.29 is 9.18 Å². The van der Waals surface area contributed by atoms with E-state index in [0.717, 1.165) is 37.7 Å². The Kier molecular flexibility index (Phi) is 4.00. The Morgan fingerprint density at radius 2 is 2.00 bits per heavy atom. The number of hydrogen-bond donors (Lipinski definition) is 1. The predicted octanol–water partition coefficient (Wildman–Crippen LogP) is 3.51. The van der Waals surface area contributed by atoms with Gasteiger partial charge in [0.05, 0.1) is 5.54 Å². The average Bonchev–Trinajstić information content (AvgIpc) is 2.32. The van der Waals surface area contributed by atoms with Gasteiger partial charge in [-0.2, -0.15) is 0 Å². The minimum atomic E-state index is -0.238. The standard InChI is InChI=1S/C15H20FNO/c1-2-3-5-14(18)17-15(10-4-11-15)12-6-8-13(16)9-7-12/h6-9H,2-5,10-11H2,1H3,(H,17,18). The maximum atomic E-state index is 12.9. The number of carbonyl (C=O) groups is 1. The third kappa shape index (κ3) is 2.71. The Balaban J connectivity index is 2.06. The van der Waals surface area contributed by atoms with Crippen LogP contribution >= 0.6 is 0 Å². The fraction of sp³-hybridized carbons (Fsp3) is 0.533. The van der Waals surface area contributed by atoms with Crippen molar-refractivity contribution in [3.8, 4) is 0 Å². The molecule has 0 bridgehead atoms. The Morgan fingerprint density at radius 3 is 2.50 bits per heavy atom. The highest BCUT2D eigenvalue weighted by molar-refractivity contribution is 5.77. The molecule has 0 heterocycles. The van der Waals surface area contributed by atoms with E-state index in [9.17, 15) is 9.18 Å². The minimum absolute atomic E-state index is 0.112. The summed E-state index contributed by atoms with van der Waals surface area (Å²) in [6.07, 6.45) is 5.56. The summed E-state index contributed by atoms with van der Waals surface area (Å²) >= 11 is 0. The molecule has 18 heavy (non-hydrogen) atoms. The summed E-state index contributed by atoms with van der Waals surface area (Å²) in [5.74, 6) is -0.119. The van der Waals surface area contributed by atoms with Crippen LogP contribution in [-0.2, 0) is 10.3 Å². The number of carbonyl (C=O) groups excluding carboxylic acids is 1. The van der Waals surface area contributed by atoms with Crippen molar-refractivity contribution in [1.29, 1.82) is 0 Å². The summed E-state index contributed by atoms with van der Waals surface area (Å²) in [6, 6.07) is 6.50. The van der Waals surface area contributed by atoms with E-state index < -0.39 is 0 Å². The molecule has 3 heteroatoms. The molecular formula is C15H20FNO. The van der Waals surface area contributed by atoms with Crippen molar-refractivity contribution in [3.05, 3.63) is 35.6 Å². The third-order valence-corrected chi connectivity index (χ3v) is 3.74. The highest BCUT2D eigenvalue weighted by Gasteiger charge is 2.39. The van der Waals surface area contributed by atoms with Crippen molar-refractivity contribution in [2.45, 2.75) is 51.0 Å². The van der Waals surface area contributed by atoms with Gasteiger partial charge in [-0.3, -0.25) is 4.79 Å². The Morgan fingerprint density at radius 1 is 1.33 bits per heavy atom. The van der Waals surface area contributed by atoms with Crippen LogP contribution < -0.4 is 5.32 Å². The van der Waals surface area contributed by atoms with Gasteiger partial charge in [0.15, 0.2) is 0 Å². The monoisotopic (exact) mass is 249 g/mol. The summed E-state index contributed by atoms with van der Waals surface area (Å²) < 4.78 is 12.9. The van der Waals surface area contributed by atoms with Gasteiger partial charge in [0.2, 0.25) is 5.91 Å². The summed E-state index contributed by atoms with van der Waals surface area (Å²) in [6.45, 7) is 2.08. The molecular weight excluding hydrogens is 229 g/mol. The van der Waals surface area contributed by atoms with Crippen LogP contribution in [0, 0.1) is 5.82 Å². The normalized spacial score (nSPS) is 17.0. The van der Waals surface area contributed by atoms with E-state index in [-0.39, 0.29) is 17.3 Å².